The van der Waals surface area contributed by atoms with E-state index in [1.165, 1.54) is 10.7 Å². The van der Waals surface area contributed by atoms with E-state index in [9.17, 15) is 9.18 Å². The van der Waals surface area contributed by atoms with Crippen LogP contribution < -0.4 is 0 Å². The Hall–Kier alpha value is -1.68. The number of rotatable bonds is 2. The van der Waals surface area contributed by atoms with E-state index in [4.69, 9.17) is 11.6 Å². The van der Waals surface area contributed by atoms with Crippen LogP contribution in [0.5, 0.6) is 0 Å². The lowest BCUT2D eigenvalue weighted by Crippen LogP contribution is -1.99. The van der Waals surface area contributed by atoms with E-state index in [2.05, 4.69) is 5.10 Å². The lowest BCUT2D eigenvalue weighted by Gasteiger charge is -2.03. The van der Waals surface area contributed by atoms with Crippen LogP contribution in [0.25, 0.3) is 5.69 Å². The molecule has 82 valence electrons. The van der Waals surface area contributed by atoms with E-state index < -0.39 is 5.82 Å². The molecule has 0 saturated carbocycles. The molecule has 3 nitrogen and oxygen atoms in total. The van der Waals surface area contributed by atoms with Crippen molar-refractivity contribution in [3.8, 4) is 5.69 Å². The van der Waals surface area contributed by atoms with E-state index in [1.54, 1.807) is 25.1 Å². The van der Waals surface area contributed by atoms with Gasteiger partial charge in [-0.2, -0.15) is 5.10 Å². The average Bonchev–Trinajstić information content (AvgIpc) is 2.55. The minimum atomic E-state index is -0.440. The fourth-order valence-corrected chi connectivity index (χ4v) is 1.74. The molecule has 0 aliphatic heterocycles. The van der Waals surface area contributed by atoms with Gasteiger partial charge >= 0.3 is 0 Å². The van der Waals surface area contributed by atoms with Crippen molar-refractivity contribution < 1.29 is 9.18 Å². The first-order chi connectivity index (χ1) is 7.65. The first kappa shape index (κ1) is 10.8. The predicted molar refractivity (Wildman–Crippen MR) is 58.7 cm³/mol. The SMILES string of the molecule is Cc1nn(-c2ccccc2F)c(Cl)c1C=O. The van der Waals surface area contributed by atoms with Gasteiger partial charge in [0.15, 0.2) is 6.29 Å². The summed E-state index contributed by atoms with van der Waals surface area (Å²) in [7, 11) is 0. The van der Waals surface area contributed by atoms with Gasteiger partial charge in [0.1, 0.15) is 16.7 Å². The Balaban J connectivity index is 2.66. The number of para-hydroxylation sites is 1. The maximum absolute atomic E-state index is 13.5. The third-order valence-corrected chi connectivity index (χ3v) is 2.61. The number of carbonyl (C=O) groups excluding carboxylic acids is 1. The molecule has 0 saturated heterocycles. The van der Waals surface area contributed by atoms with Gasteiger partial charge in [-0.3, -0.25) is 4.79 Å². The summed E-state index contributed by atoms with van der Waals surface area (Å²) < 4.78 is 14.7. The van der Waals surface area contributed by atoms with Gasteiger partial charge in [0.05, 0.1) is 11.3 Å². The fraction of sp³-hybridized carbons (Fsp3) is 0.0909. The van der Waals surface area contributed by atoms with E-state index in [1.807, 2.05) is 0 Å². The molecule has 1 aromatic heterocycles. The molecule has 0 radical (unpaired) electrons. The lowest BCUT2D eigenvalue weighted by atomic mass is 10.3. The zero-order valence-electron chi connectivity index (χ0n) is 8.45. The Morgan fingerprint density at radius 2 is 2.12 bits per heavy atom. The van der Waals surface area contributed by atoms with Crippen molar-refractivity contribution in [1.29, 1.82) is 0 Å². The molecule has 0 aliphatic rings. The lowest BCUT2D eigenvalue weighted by molar-refractivity contribution is 0.112. The number of benzene rings is 1. The summed E-state index contributed by atoms with van der Waals surface area (Å²) in [5, 5.41) is 4.15. The fourth-order valence-electron chi connectivity index (χ4n) is 1.43. The molecule has 1 heterocycles. The van der Waals surface area contributed by atoms with Gasteiger partial charge in [-0.1, -0.05) is 23.7 Å². The van der Waals surface area contributed by atoms with Crippen LogP contribution in [-0.4, -0.2) is 16.1 Å². The van der Waals surface area contributed by atoms with Crippen molar-refractivity contribution in [1.82, 2.24) is 9.78 Å². The molecule has 0 atom stereocenters. The molecule has 0 unspecified atom stereocenters. The van der Waals surface area contributed by atoms with Crippen molar-refractivity contribution in [2.75, 3.05) is 0 Å². The van der Waals surface area contributed by atoms with Gasteiger partial charge in [0.2, 0.25) is 0 Å². The minimum absolute atomic E-state index is 0.123. The zero-order chi connectivity index (χ0) is 11.7. The molecule has 5 heteroatoms. The van der Waals surface area contributed by atoms with E-state index >= 15 is 0 Å². The summed E-state index contributed by atoms with van der Waals surface area (Å²) in [6, 6.07) is 6.10. The molecule has 2 aromatic rings. The average molecular weight is 239 g/mol. The van der Waals surface area contributed by atoms with E-state index in [0.29, 0.717) is 12.0 Å². The van der Waals surface area contributed by atoms with Crippen LogP contribution in [-0.2, 0) is 0 Å². The van der Waals surface area contributed by atoms with Crippen molar-refractivity contribution in [2.45, 2.75) is 6.92 Å². The molecule has 0 aliphatic carbocycles. The van der Waals surface area contributed by atoms with Crippen LogP contribution in [0.3, 0.4) is 0 Å². The van der Waals surface area contributed by atoms with Gasteiger partial charge in [0.25, 0.3) is 0 Å². The van der Waals surface area contributed by atoms with Gasteiger partial charge in [-0.25, -0.2) is 9.07 Å². The molecule has 0 amide bonds. The third-order valence-electron chi connectivity index (χ3n) is 2.25. The number of hydrogen-bond acceptors (Lipinski definition) is 2. The number of aryl methyl sites for hydroxylation is 1. The monoisotopic (exact) mass is 238 g/mol. The third kappa shape index (κ3) is 1.61. The Morgan fingerprint density at radius 1 is 1.44 bits per heavy atom. The Morgan fingerprint density at radius 3 is 2.69 bits per heavy atom. The Labute approximate surface area is 96.5 Å². The molecule has 0 bridgehead atoms. The summed E-state index contributed by atoms with van der Waals surface area (Å²) in [5.74, 6) is -0.440. The molecule has 0 N–H and O–H groups in total. The first-order valence-electron chi connectivity index (χ1n) is 4.60. The van der Waals surface area contributed by atoms with E-state index in [-0.39, 0.29) is 16.4 Å². The number of carbonyl (C=O) groups is 1. The molecule has 16 heavy (non-hydrogen) atoms. The van der Waals surface area contributed by atoms with Crippen LogP contribution in [0.2, 0.25) is 5.15 Å². The van der Waals surface area contributed by atoms with E-state index in [0.717, 1.165) is 0 Å². The van der Waals surface area contributed by atoms with Gasteiger partial charge in [-0.05, 0) is 19.1 Å². The van der Waals surface area contributed by atoms with Crippen LogP contribution in [0.1, 0.15) is 16.1 Å². The summed E-state index contributed by atoms with van der Waals surface area (Å²) in [5.41, 5.74) is 0.983. The second-order valence-electron chi connectivity index (χ2n) is 3.27. The maximum atomic E-state index is 13.5. The first-order valence-corrected chi connectivity index (χ1v) is 4.98. The second kappa shape index (κ2) is 4.06. The van der Waals surface area contributed by atoms with Crippen LogP contribution in [0, 0.1) is 12.7 Å². The molecule has 2 rings (SSSR count). The molecule has 0 fully saturated rings. The molecule has 1 aromatic carbocycles. The summed E-state index contributed by atoms with van der Waals surface area (Å²) in [4.78, 5) is 10.7. The van der Waals surface area contributed by atoms with Crippen LogP contribution >= 0.6 is 11.6 Å². The van der Waals surface area contributed by atoms with Crippen LogP contribution in [0.15, 0.2) is 24.3 Å². The van der Waals surface area contributed by atoms with Gasteiger partial charge in [-0.15, -0.1) is 0 Å². The Kier molecular flexibility index (Phi) is 2.75. The quantitative estimate of drug-likeness (QED) is 0.754. The normalized spacial score (nSPS) is 10.4. The number of aromatic nitrogens is 2. The van der Waals surface area contributed by atoms with Crippen molar-refractivity contribution in [3.05, 3.63) is 46.5 Å². The van der Waals surface area contributed by atoms with Gasteiger partial charge in [0, 0.05) is 0 Å². The topological polar surface area (TPSA) is 34.9 Å². The minimum Gasteiger partial charge on any atom is -0.298 e. The largest absolute Gasteiger partial charge is 0.298 e. The number of aldehydes is 1. The molecular weight excluding hydrogens is 231 g/mol. The highest BCUT2D eigenvalue weighted by molar-refractivity contribution is 6.32. The van der Waals surface area contributed by atoms with Crippen molar-refractivity contribution in [2.24, 2.45) is 0 Å². The van der Waals surface area contributed by atoms with Crippen molar-refractivity contribution >= 4 is 17.9 Å². The summed E-state index contributed by atoms with van der Waals surface area (Å²) in [6.45, 7) is 1.65. The zero-order valence-corrected chi connectivity index (χ0v) is 9.20. The number of halogens is 2. The molecule has 0 spiro atoms. The predicted octanol–water partition coefficient (Wildman–Crippen LogP) is 2.79. The van der Waals surface area contributed by atoms with Crippen molar-refractivity contribution in [3.63, 3.8) is 0 Å². The summed E-state index contributed by atoms with van der Waals surface area (Å²) in [6.07, 6.45) is 0.613. The highest BCUT2D eigenvalue weighted by Crippen LogP contribution is 2.23. The number of hydrogen-bond donors (Lipinski definition) is 0. The van der Waals surface area contributed by atoms with Gasteiger partial charge < -0.3 is 0 Å². The number of nitrogens with zero attached hydrogens (tertiary/aromatic N) is 2. The second-order valence-corrected chi connectivity index (χ2v) is 3.63. The maximum Gasteiger partial charge on any atom is 0.155 e. The summed E-state index contributed by atoms with van der Waals surface area (Å²) >= 11 is 5.94. The Bertz CT molecular complexity index is 551. The van der Waals surface area contributed by atoms with Crippen LogP contribution in [0.4, 0.5) is 4.39 Å². The highest BCUT2D eigenvalue weighted by atomic mass is 35.5. The molecular formula is C11H8ClFN2O. The smallest absolute Gasteiger partial charge is 0.155 e. The highest BCUT2D eigenvalue weighted by Gasteiger charge is 2.15. The standard InChI is InChI=1S/C11H8ClFN2O/c1-7-8(6-16)11(12)15(14-7)10-5-3-2-4-9(10)13/h2-6H,1H3.